The van der Waals surface area contributed by atoms with Crippen LogP contribution in [0, 0.1) is 5.82 Å². The topological polar surface area (TPSA) is 122 Å². The van der Waals surface area contributed by atoms with Gasteiger partial charge in [0.05, 0.1) is 62.4 Å². The van der Waals surface area contributed by atoms with Gasteiger partial charge in [-0.1, -0.05) is 0 Å². The van der Waals surface area contributed by atoms with Crippen LogP contribution in [0.25, 0.3) is 10.9 Å². The number of aromatic nitrogens is 6. The molecular formula is C21H22F4N8O3. The summed E-state index contributed by atoms with van der Waals surface area (Å²) in [6.07, 6.45) is 0.166. The molecule has 36 heavy (non-hydrogen) atoms. The lowest BCUT2D eigenvalue weighted by Gasteiger charge is -2.25. The molecule has 1 amide bonds. The molecule has 2 saturated heterocycles. The lowest BCUT2D eigenvalue weighted by Crippen LogP contribution is -2.40. The summed E-state index contributed by atoms with van der Waals surface area (Å²) in [7, 11) is 0. The lowest BCUT2D eigenvalue weighted by molar-refractivity contribution is -0.140. The van der Waals surface area contributed by atoms with Crippen molar-refractivity contribution in [2.75, 3.05) is 31.2 Å². The van der Waals surface area contributed by atoms with Crippen LogP contribution >= 0.6 is 0 Å². The van der Waals surface area contributed by atoms with Crippen LogP contribution in [0.5, 0.6) is 0 Å². The van der Waals surface area contributed by atoms with Gasteiger partial charge in [-0.2, -0.15) is 23.4 Å². The highest BCUT2D eigenvalue weighted by Crippen LogP contribution is 2.34. The van der Waals surface area contributed by atoms with Gasteiger partial charge in [0.25, 0.3) is 5.56 Å². The second-order valence-electron chi connectivity index (χ2n) is 8.59. The van der Waals surface area contributed by atoms with E-state index in [2.05, 4.69) is 20.2 Å². The van der Waals surface area contributed by atoms with Crippen molar-refractivity contribution < 1.29 is 27.1 Å². The molecule has 0 aromatic carbocycles. The number of hydrogen-bond donors (Lipinski definition) is 1. The van der Waals surface area contributed by atoms with Gasteiger partial charge < -0.3 is 14.5 Å². The van der Waals surface area contributed by atoms with Gasteiger partial charge in [-0.15, -0.1) is 0 Å². The molecule has 192 valence electrons. The van der Waals surface area contributed by atoms with Crippen LogP contribution in [0.3, 0.4) is 0 Å². The highest BCUT2D eigenvalue weighted by molar-refractivity contribution is 5.80. The summed E-state index contributed by atoms with van der Waals surface area (Å²) >= 11 is 0. The number of aromatic amines is 1. The molecule has 15 heteroatoms. The number of ether oxygens (including phenoxy) is 1. The Kier molecular flexibility index (Phi) is 6.32. The summed E-state index contributed by atoms with van der Waals surface area (Å²) in [5.41, 5.74) is -2.31. The normalized spacial score (nSPS) is 19.9. The third-order valence-corrected chi connectivity index (χ3v) is 6.51. The van der Waals surface area contributed by atoms with Crippen molar-refractivity contribution in [3.63, 3.8) is 0 Å². The minimum absolute atomic E-state index is 0.00407. The summed E-state index contributed by atoms with van der Waals surface area (Å²) in [6, 6.07) is 0.0704. The van der Waals surface area contributed by atoms with E-state index in [9.17, 15) is 27.2 Å². The lowest BCUT2D eigenvalue weighted by atomic mass is 10.1. The number of alkyl halides is 3. The zero-order chi connectivity index (χ0) is 25.4. The van der Waals surface area contributed by atoms with Crippen LogP contribution in [-0.4, -0.2) is 79.1 Å². The van der Waals surface area contributed by atoms with Crippen LogP contribution < -0.4 is 10.5 Å². The molecule has 0 aliphatic carbocycles. The molecule has 2 aliphatic heterocycles. The zero-order valence-corrected chi connectivity index (χ0v) is 18.9. The molecule has 0 spiro atoms. The van der Waals surface area contributed by atoms with Gasteiger partial charge in [-0.05, 0) is 12.8 Å². The molecule has 0 radical (unpaired) electrons. The molecule has 2 aliphatic rings. The summed E-state index contributed by atoms with van der Waals surface area (Å²) in [4.78, 5) is 36.6. The van der Waals surface area contributed by atoms with Gasteiger partial charge in [0.1, 0.15) is 5.39 Å². The van der Waals surface area contributed by atoms with Gasteiger partial charge in [0.2, 0.25) is 11.9 Å². The predicted molar refractivity (Wildman–Crippen MR) is 116 cm³/mol. The average molecular weight is 510 g/mol. The zero-order valence-electron chi connectivity index (χ0n) is 18.9. The summed E-state index contributed by atoms with van der Waals surface area (Å²) < 4.78 is 59.5. The number of fused-ring (bicyclic) bond motifs is 2. The second kappa shape index (κ2) is 9.44. The first kappa shape index (κ1) is 24.1. The average Bonchev–Trinajstić information content (AvgIpc) is 3.53. The number of carbonyl (C=O) groups is 1. The van der Waals surface area contributed by atoms with Gasteiger partial charge in [0.15, 0.2) is 11.5 Å². The van der Waals surface area contributed by atoms with Crippen molar-refractivity contribution in [2.45, 2.75) is 44.1 Å². The molecule has 1 N–H and O–H groups in total. The molecule has 0 unspecified atom stereocenters. The highest BCUT2D eigenvalue weighted by Gasteiger charge is 2.45. The van der Waals surface area contributed by atoms with E-state index in [1.165, 1.54) is 0 Å². The van der Waals surface area contributed by atoms with Crippen LogP contribution in [0.2, 0.25) is 0 Å². The fraction of sp³-hybridized carbons (Fsp3) is 0.524. The fourth-order valence-corrected chi connectivity index (χ4v) is 4.96. The number of nitrogens with one attached hydrogen (secondary N) is 1. The van der Waals surface area contributed by atoms with Crippen molar-refractivity contribution in [3.05, 3.63) is 40.5 Å². The largest absolute Gasteiger partial charge is 0.435 e. The van der Waals surface area contributed by atoms with E-state index in [-0.39, 0.29) is 49.7 Å². The van der Waals surface area contributed by atoms with E-state index in [0.29, 0.717) is 19.0 Å². The Bertz CT molecular complexity index is 1310. The maximum Gasteiger partial charge on any atom is 0.435 e. The standard InChI is InChI=1S/C21H22F4N8O3/c22-12-9-26-20(27-10-12)32-5-2-13-14(32)1-4-31(13)16(34)3-7-36-8-6-33-15-11-28-29-19(35)17(15)18(30-33)21(23,24)25/h9-11,13-14H,1-8H2,(H,29,35)/t13-,14-/m1/s1. The summed E-state index contributed by atoms with van der Waals surface area (Å²) in [5.74, 6) is -0.146. The summed E-state index contributed by atoms with van der Waals surface area (Å²) in [6.45, 7) is 1.27. The van der Waals surface area contributed by atoms with E-state index in [1.54, 1.807) is 0 Å². The monoisotopic (exact) mass is 510 g/mol. The first-order valence-electron chi connectivity index (χ1n) is 11.4. The minimum Gasteiger partial charge on any atom is -0.379 e. The van der Waals surface area contributed by atoms with Crippen molar-refractivity contribution in [1.29, 1.82) is 0 Å². The van der Waals surface area contributed by atoms with E-state index < -0.39 is 28.6 Å². The van der Waals surface area contributed by atoms with Crippen LogP contribution in [0.15, 0.2) is 23.4 Å². The maximum atomic E-state index is 13.3. The molecule has 5 heterocycles. The molecule has 2 fully saturated rings. The third kappa shape index (κ3) is 4.50. The smallest absolute Gasteiger partial charge is 0.379 e. The van der Waals surface area contributed by atoms with E-state index in [0.717, 1.165) is 36.1 Å². The number of likely N-dealkylation sites (tertiary alicyclic amines) is 1. The van der Waals surface area contributed by atoms with Gasteiger partial charge >= 0.3 is 6.18 Å². The number of hydrogen-bond acceptors (Lipinski definition) is 8. The number of halogens is 4. The van der Waals surface area contributed by atoms with Crippen LogP contribution in [0.4, 0.5) is 23.5 Å². The number of H-pyrrole nitrogens is 1. The Balaban J connectivity index is 1.13. The predicted octanol–water partition coefficient (Wildman–Crippen LogP) is 1.35. The van der Waals surface area contributed by atoms with Gasteiger partial charge in [-0.3, -0.25) is 14.3 Å². The molecule has 3 aromatic rings. The third-order valence-electron chi connectivity index (χ3n) is 6.51. The van der Waals surface area contributed by atoms with E-state index in [4.69, 9.17) is 4.74 Å². The van der Waals surface area contributed by atoms with Crippen molar-refractivity contribution in [2.24, 2.45) is 0 Å². The quantitative estimate of drug-likeness (QED) is 0.374. The molecule has 11 nitrogen and oxygen atoms in total. The molecular weight excluding hydrogens is 488 g/mol. The Morgan fingerprint density at radius 3 is 2.61 bits per heavy atom. The molecule has 0 saturated carbocycles. The van der Waals surface area contributed by atoms with E-state index in [1.807, 2.05) is 14.9 Å². The number of anilines is 1. The number of amides is 1. The molecule has 3 aromatic heterocycles. The van der Waals surface area contributed by atoms with Crippen LogP contribution in [-0.2, 0) is 22.3 Å². The van der Waals surface area contributed by atoms with Crippen molar-refractivity contribution in [3.8, 4) is 0 Å². The van der Waals surface area contributed by atoms with Gasteiger partial charge in [0, 0.05) is 13.1 Å². The van der Waals surface area contributed by atoms with Crippen molar-refractivity contribution in [1.82, 2.24) is 34.8 Å². The highest BCUT2D eigenvalue weighted by atomic mass is 19.4. The van der Waals surface area contributed by atoms with E-state index >= 15 is 0 Å². The number of carbonyl (C=O) groups excluding carboxylic acids is 1. The van der Waals surface area contributed by atoms with Crippen molar-refractivity contribution >= 4 is 22.8 Å². The molecule has 0 bridgehead atoms. The van der Waals surface area contributed by atoms with Gasteiger partial charge in [-0.25, -0.2) is 19.5 Å². The maximum absolute atomic E-state index is 13.3. The summed E-state index contributed by atoms with van der Waals surface area (Å²) in [5, 5.41) is 8.49. The molecule has 2 atom stereocenters. The first-order chi connectivity index (χ1) is 17.2. The Hall–Kier alpha value is -3.62. The van der Waals surface area contributed by atoms with Crippen LogP contribution in [0.1, 0.15) is 25.0 Å². The molecule has 5 rings (SSSR count). The minimum atomic E-state index is -4.79. The Labute approximate surface area is 201 Å². The fourth-order valence-electron chi connectivity index (χ4n) is 4.96. The SMILES string of the molecule is O=C(CCOCCn1nc(C(F)(F)F)c2c(=O)[nH]ncc21)N1CC[C@@H]2[C@H]1CCN2c1ncc(F)cn1. The Morgan fingerprint density at radius 2 is 1.86 bits per heavy atom. The second-order valence-corrected chi connectivity index (χ2v) is 8.59. The Morgan fingerprint density at radius 1 is 1.11 bits per heavy atom. The first-order valence-corrected chi connectivity index (χ1v) is 11.4. The number of rotatable bonds is 7. The number of nitrogens with zero attached hydrogens (tertiary/aromatic N) is 7.